The van der Waals surface area contributed by atoms with Gasteiger partial charge in [-0.3, -0.25) is 9.63 Å². The van der Waals surface area contributed by atoms with Gasteiger partial charge in [0, 0.05) is 17.5 Å². The predicted octanol–water partition coefficient (Wildman–Crippen LogP) is 2.79. The van der Waals surface area contributed by atoms with Gasteiger partial charge >= 0.3 is 0 Å². The summed E-state index contributed by atoms with van der Waals surface area (Å²) in [5, 5.41) is 24.9. The Morgan fingerprint density at radius 2 is 2.18 bits per heavy atom. The third-order valence-corrected chi connectivity index (χ3v) is 8.35. The second kappa shape index (κ2) is 9.62. The molecule has 1 aromatic carbocycles. The lowest BCUT2D eigenvalue weighted by molar-refractivity contribution is -0.182. The molecule has 1 saturated heterocycles. The highest BCUT2D eigenvalue weighted by molar-refractivity contribution is 9.10. The number of hydrogen-bond donors (Lipinski definition) is 3. The average molecular weight is 527 g/mol. The summed E-state index contributed by atoms with van der Waals surface area (Å²) in [5.41, 5.74) is 1.49. The molecule has 7 nitrogen and oxygen atoms in total. The molecule has 9 heteroatoms. The van der Waals surface area contributed by atoms with Crippen molar-refractivity contribution < 1.29 is 29.0 Å². The largest absolute Gasteiger partial charge is 0.495 e. The molecule has 1 aliphatic heterocycles. The molecule has 3 N–H and O–H groups in total. The second-order valence-electron chi connectivity index (χ2n) is 9.53. The van der Waals surface area contributed by atoms with Gasteiger partial charge in [0.05, 0.1) is 30.8 Å². The predicted molar refractivity (Wildman–Crippen MR) is 124 cm³/mol. The number of carbonyl (C=O) groups excluding carboxylic acids is 1. The summed E-state index contributed by atoms with van der Waals surface area (Å²) < 4.78 is 20.7. The van der Waals surface area contributed by atoms with E-state index in [1.165, 1.54) is 23.8 Å². The topological polar surface area (TPSA) is 91.3 Å². The molecule has 0 radical (unpaired) electrons. The molecule has 2 bridgehead atoms. The lowest BCUT2D eigenvalue weighted by Gasteiger charge is -2.52. The van der Waals surface area contributed by atoms with Crippen molar-refractivity contribution in [3.05, 3.63) is 40.1 Å². The third kappa shape index (κ3) is 4.34. The zero-order valence-corrected chi connectivity index (χ0v) is 20.7. The fourth-order valence-electron chi connectivity index (χ4n) is 5.79. The van der Waals surface area contributed by atoms with Crippen LogP contribution in [-0.4, -0.2) is 59.2 Å². The number of hydroxylamine groups is 2. The number of halogens is 2. The third-order valence-electron chi connectivity index (χ3n) is 7.73. The van der Waals surface area contributed by atoms with E-state index < -0.39 is 30.0 Å². The van der Waals surface area contributed by atoms with E-state index in [0.29, 0.717) is 22.1 Å². The maximum Gasteiger partial charge on any atom is 0.240 e. The molecular formula is C24H32BrFN2O5. The Labute approximate surface area is 202 Å². The van der Waals surface area contributed by atoms with Crippen molar-refractivity contribution in [3.8, 4) is 5.75 Å². The van der Waals surface area contributed by atoms with E-state index in [1.54, 1.807) is 13.0 Å². The van der Waals surface area contributed by atoms with E-state index in [1.807, 2.05) is 0 Å². The number of methoxy groups -OCH3 is 1. The summed E-state index contributed by atoms with van der Waals surface area (Å²) in [7, 11) is 1.44. The number of nitrogens with zero attached hydrogens (tertiary/aromatic N) is 1. The molecule has 8 atom stereocenters. The number of ether oxygens (including phenoxy) is 1. The Bertz CT molecular complexity index is 928. The van der Waals surface area contributed by atoms with Gasteiger partial charge in [-0.1, -0.05) is 19.1 Å². The Morgan fingerprint density at radius 3 is 2.76 bits per heavy atom. The van der Waals surface area contributed by atoms with E-state index in [2.05, 4.69) is 34.7 Å². The fraction of sp³-hybridized carbons (Fsp3) is 0.625. The van der Waals surface area contributed by atoms with Crippen molar-refractivity contribution in [2.75, 3.05) is 13.7 Å². The second-order valence-corrected chi connectivity index (χ2v) is 10.4. The van der Waals surface area contributed by atoms with Crippen molar-refractivity contribution in [1.82, 2.24) is 10.4 Å². The van der Waals surface area contributed by atoms with Gasteiger partial charge in [-0.25, -0.2) is 4.39 Å². The van der Waals surface area contributed by atoms with Gasteiger partial charge in [0.25, 0.3) is 0 Å². The maximum absolute atomic E-state index is 14.8. The normalized spacial score (nSPS) is 34.6. The minimum atomic E-state index is -0.922. The molecular weight excluding hydrogens is 495 g/mol. The molecule has 3 saturated carbocycles. The smallest absolute Gasteiger partial charge is 0.240 e. The Hall–Kier alpha value is -1.52. The number of aliphatic hydroxyl groups excluding tert-OH is 2. The zero-order chi connectivity index (χ0) is 24.0. The quantitative estimate of drug-likeness (QED) is 0.473. The Balaban J connectivity index is 1.60. The van der Waals surface area contributed by atoms with Crippen LogP contribution in [0.3, 0.4) is 0 Å². The van der Waals surface area contributed by atoms with E-state index in [9.17, 15) is 19.4 Å². The lowest BCUT2D eigenvalue weighted by Crippen LogP contribution is -2.57. The van der Waals surface area contributed by atoms with Crippen molar-refractivity contribution in [1.29, 1.82) is 0 Å². The van der Waals surface area contributed by atoms with E-state index in [-0.39, 0.29) is 36.6 Å². The van der Waals surface area contributed by atoms with Gasteiger partial charge in [0.15, 0.2) is 0 Å². The summed E-state index contributed by atoms with van der Waals surface area (Å²) in [6.45, 7) is 7.42. The van der Waals surface area contributed by atoms with E-state index in [4.69, 9.17) is 9.57 Å². The standard InChI is InChI=1S/C24H32BrFN2O5/c1-11-14-7-15(11)12(2)19(8-14)27-24(31)22-21(13(3)30)20(10-29)33-28(22)9-16-18(26)6-5-17(25)23(16)32-4/h5-6,12-15,19-22,29-30H,1,7-10H2,2-4H3,(H,27,31)/t12-,13-,14+,15?,19-,20-,21+,22?/m0/s1. The molecule has 3 aliphatic carbocycles. The van der Waals surface area contributed by atoms with Gasteiger partial charge in [-0.2, -0.15) is 5.06 Å². The van der Waals surface area contributed by atoms with Crippen LogP contribution in [0.4, 0.5) is 4.39 Å². The minimum Gasteiger partial charge on any atom is -0.495 e. The summed E-state index contributed by atoms with van der Waals surface area (Å²) in [6, 6.07) is 1.95. The molecule has 0 spiro atoms. The number of aliphatic hydroxyl groups is 2. The number of nitrogens with one attached hydrogen (secondary N) is 1. The lowest BCUT2D eigenvalue weighted by atomic mass is 9.56. The summed E-state index contributed by atoms with van der Waals surface area (Å²) in [6.07, 6.45) is 0.246. The van der Waals surface area contributed by atoms with Gasteiger partial charge < -0.3 is 20.3 Å². The van der Waals surface area contributed by atoms with Crippen molar-refractivity contribution >= 4 is 21.8 Å². The van der Waals surface area contributed by atoms with Gasteiger partial charge in [0.1, 0.15) is 23.7 Å². The van der Waals surface area contributed by atoms with Crippen molar-refractivity contribution in [2.45, 2.75) is 57.5 Å². The number of rotatable bonds is 7. The molecule has 0 aromatic heterocycles. The number of benzene rings is 1. The minimum absolute atomic E-state index is 0.00596. The molecule has 1 aromatic rings. The maximum atomic E-state index is 14.8. The van der Waals surface area contributed by atoms with Crippen LogP contribution in [0.25, 0.3) is 0 Å². The number of allylic oxidation sites excluding steroid dienone is 1. The first-order valence-corrected chi connectivity index (χ1v) is 12.2. The van der Waals surface area contributed by atoms with Gasteiger partial charge in [0.2, 0.25) is 5.91 Å². The van der Waals surface area contributed by atoms with Crippen LogP contribution in [0.5, 0.6) is 5.75 Å². The monoisotopic (exact) mass is 526 g/mol. The summed E-state index contributed by atoms with van der Waals surface area (Å²) in [4.78, 5) is 19.5. The highest BCUT2D eigenvalue weighted by Crippen LogP contribution is 2.52. The molecule has 2 unspecified atom stereocenters. The number of carbonyl (C=O) groups is 1. The van der Waals surface area contributed by atoms with Crippen LogP contribution in [0.15, 0.2) is 28.8 Å². The first kappa shape index (κ1) is 24.6. The number of fused-ring (bicyclic) bond motifs is 2. The molecule has 182 valence electrons. The van der Waals surface area contributed by atoms with Crippen LogP contribution < -0.4 is 10.1 Å². The highest BCUT2D eigenvalue weighted by Gasteiger charge is 2.52. The van der Waals surface area contributed by atoms with E-state index >= 15 is 0 Å². The highest BCUT2D eigenvalue weighted by atomic mass is 79.9. The first-order chi connectivity index (χ1) is 15.7. The van der Waals surface area contributed by atoms with Crippen molar-refractivity contribution in [2.24, 2.45) is 23.7 Å². The molecule has 5 rings (SSSR count). The molecule has 1 heterocycles. The van der Waals surface area contributed by atoms with Crippen LogP contribution in [0.1, 0.15) is 32.3 Å². The number of amides is 1. The summed E-state index contributed by atoms with van der Waals surface area (Å²) >= 11 is 3.37. The molecule has 1 amide bonds. The van der Waals surface area contributed by atoms with Gasteiger partial charge in [-0.05, 0) is 65.6 Å². The van der Waals surface area contributed by atoms with Crippen LogP contribution >= 0.6 is 15.9 Å². The zero-order valence-electron chi connectivity index (χ0n) is 19.1. The molecule has 4 fully saturated rings. The Morgan fingerprint density at radius 1 is 1.45 bits per heavy atom. The summed E-state index contributed by atoms with van der Waals surface area (Å²) in [5.74, 6) is -0.0531. The fourth-order valence-corrected chi connectivity index (χ4v) is 6.32. The first-order valence-electron chi connectivity index (χ1n) is 11.4. The average Bonchev–Trinajstić information content (AvgIpc) is 3.15. The van der Waals surface area contributed by atoms with E-state index in [0.717, 1.165) is 12.8 Å². The van der Waals surface area contributed by atoms with Crippen molar-refractivity contribution in [3.63, 3.8) is 0 Å². The Kier molecular flexibility index (Phi) is 7.17. The molecule has 33 heavy (non-hydrogen) atoms. The van der Waals surface area contributed by atoms with Crippen LogP contribution in [0, 0.1) is 29.5 Å². The SMILES string of the molecule is C=C1C2C[C@@H]1C[C@H](NC(=O)C1[C@H]([C@H](C)O)[C@H](CO)ON1Cc1c(F)ccc(Br)c1OC)[C@H]2C. The van der Waals surface area contributed by atoms with Crippen LogP contribution in [0.2, 0.25) is 0 Å². The molecule has 4 aliphatic rings. The van der Waals surface area contributed by atoms with Crippen LogP contribution in [-0.2, 0) is 16.2 Å². The number of hydrogen-bond acceptors (Lipinski definition) is 6. The van der Waals surface area contributed by atoms with Gasteiger partial charge in [-0.15, -0.1) is 0 Å².